The van der Waals surface area contributed by atoms with E-state index in [0.717, 1.165) is 12.1 Å². The van der Waals surface area contributed by atoms with Crippen LogP contribution in [0.15, 0.2) is 36.4 Å². The minimum Gasteiger partial charge on any atom is -0.504 e. The number of phenolic OH excluding ortho intramolecular Hbond substituents is 3. The number of phenols is 3. The van der Waals surface area contributed by atoms with E-state index in [1.165, 1.54) is 6.07 Å². The summed E-state index contributed by atoms with van der Waals surface area (Å²) in [6.45, 7) is 1.77. The molecular formula is C17H18FN3O4. The Morgan fingerprint density at radius 1 is 1.00 bits per heavy atom. The Hall–Kier alpha value is -3.16. The van der Waals surface area contributed by atoms with E-state index in [1.54, 1.807) is 23.1 Å². The highest BCUT2D eigenvalue weighted by Gasteiger charge is 2.23. The van der Waals surface area contributed by atoms with E-state index >= 15 is 0 Å². The molecule has 25 heavy (non-hydrogen) atoms. The van der Waals surface area contributed by atoms with Crippen LogP contribution in [0.1, 0.15) is 0 Å². The summed E-state index contributed by atoms with van der Waals surface area (Å²) in [6.07, 6.45) is 0. The molecule has 1 aliphatic rings. The molecule has 3 rings (SSSR count). The number of amides is 2. The van der Waals surface area contributed by atoms with Gasteiger partial charge in [-0.3, -0.25) is 0 Å². The fraction of sp³-hybridized carbons (Fsp3) is 0.235. The minimum atomic E-state index is -0.642. The molecule has 2 amide bonds. The Morgan fingerprint density at radius 2 is 1.60 bits per heavy atom. The first kappa shape index (κ1) is 16.7. The molecule has 0 bridgehead atoms. The summed E-state index contributed by atoms with van der Waals surface area (Å²) in [7, 11) is 0. The summed E-state index contributed by atoms with van der Waals surface area (Å²) in [5, 5.41) is 30.8. The average Bonchev–Trinajstić information content (AvgIpc) is 2.60. The highest BCUT2D eigenvalue weighted by atomic mass is 19.1. The summed E-state index contributed by atoms with van der Waals surface area (Å²) in [5.41, 5.74) is 0.672. The molecule has 132 valence electrons. The number of hydrogen-bond acceptors (Lipinski definition) is 5. The maximum Gasteiger partial charge on any atom is 0.321 e. The van der Waals surface area contributed by atoms with Crippen LogP contribution in [-0.2, 0) is 0 Å². The lowest BCUT2D eigenvalue weighted by Gasteiger charge is -2.36. The molecule has 0 spiro atoms. The molecule has 0 saturated carbocycles. The van der Waals surface area contributed by atoms with Crippen LogP contribution in [0.3, 0.4) is 0 Å². The van der Waals surface area contributed by atoms with Crippen LogP contribution in [0.25, 0.3) is 0 Å². The predicted molar refractivity (Wildman–Crippen MR) is 90.6 cm³/mol. The number of hydrogen-bond donors (Lipinski definition) is 4. The highest BCUT2D eigenvalue weighted by molar-refractivity contribution is 5.90. The van der Waals surface area contributed by atoms with Crippen LogP contribution in [0, 0.1) is 5.82 Å². The smallest absolute Gasteiger partial charge is 0.321 e. The van der Waals surface area contributed by atoms with Gasteiger partial charge in [0, 0.05) is 38.3 Å². The summed E-state index contributed by atoms with van der Waals surface area (Å²) < 4.78 is 13.8. The van der Waals surface area contributed by atoms with Crippen molar-refractivity contribution in [3.8, 4) is 17.2 Å². The van der Waals surface area contributed by atoms with Gasteiger partial charge in [0.15, 0.2) is 17.2 Å². The molecule has 1 aliphatic heterocycles. The number of halogens is 1. The van der Waals surface area contributed by atoms with Gasteiger partial charge in [-0.2, -0.15) is 0 Å². The summed E-state index contributed by atoms with van der Waals surface area (Å²) in [5.74, 6) is -1.99. The Kier molecular flexibility index (Phi) is 4.51. The van der Waals surface area contributed by atoms with E-state index in [4.69, 9.17) is 0 Å². The van der Waals surface area contributed by atoms with Crippen LogP contribution in [0.2, 0.25) is 0 Å². The number of anilines is 2. The number of urea groups is 1. The first-order valence-electron chi connectivity index (χ1n) is 7.76. The normalized spacial score (nSPS) is 14.4. The van der Waals surface area contributed by atoms with E-state index in [2.05, 4.69) is 5.32 Å². The number of carbonyl (C=O) groups excluding carboxylic acids is 1. The van der Waals surface area contributed by atoms with E-state index in [1.807, 2.05) is 4.90 Å². The number of benzene rings is 2. The number of para-hydroxylation sites is 1. The van der Waals surface area contributed by atoms with Crippen molar-refractivity contribution in [3.63, 3.8) is 0 Å². The van der Waals surface area contributed by atoms with Gasteiger partial charge in [-0.1, -0.05) is 12.1 Å². The first-order chi connectivity index (χ1) is 12.0. The number of nitrogens with one attached hydrogen (secondary N) is 1. The lowest BCUT2D eigenvalue weighted by atomic mass is 10.2. The molecule has 2 aromatic rings. The topological polar surface area (TPSA) is 96.3 Å². The van der Waals surface area contributed by atoms with E-state index in [-0.39, 0.29) is 11.5 Å². The molecule has 0 atom stereocenters. The van der Waals surface area contributed by atoms with Gasteiger partial charge in [0.05, 0.1) is 11.4 Å². The molecule has 0 aromatic heterocycles. The monoisotopic (exact) mass is 347 g/mol. The second kappa shape index (κ2) is 6.76. The van der Waals surface area contributed by atoms with E-state index in [0.29, 0.717) is 31.9 Å². The lowest BCUT2D eigenvalue weighted by Crippen LogP contribution is -2.50. The molecule has 0 aliphatic carbocycles. The van der Waals surface area contributed by atoms with Crippen molar-refractivity contribution in [2.24, 2.45) is 0 Å². The standard InChI is InChI=1S/C17H18FN3O4/c18-12-3-1-2-4-13(12)20-5-7-21(8-6-20)17(25)19-11-9-14(22)16(24)15(23)10-11/h1-4,9-10,22-24H,5-8H2,(H,19,25). The van der Waals surface area contributed by atoms with Crippen molar-refractivity contribution >= 4 is 17.4 Å². The van der Waals surface area contributed by atoms with E-state index in [9.17, 15) is 24.5 Å². The zero-order valence-electron chi connectivity index (χ0n) is 13.3. The van der Waals surface area contributed by atoms with Crippen LogP contribution < -0.4 is 10.2 Å². The third-order valence-electron chi connectivity index (χ3n) is 4.08. The largest absolute Gasteiger partial charge is 0.504 e. The third-order valence-corrected chi connectivity index (χ3v) is 4.08. The van der Waals surface area contributed by atoms with Crippen LogP contribution in [-0.4, -0.2) is 52.4 Å². The molecule has 1 saturated heterocycles. The van der Waals surface area contributed by atoms with Gasteiger partial charge < -0.3 is 30.4 Å². The molecule has 4 N–H and O–H groups in total. The molecule has 7 nitrogen and oxygen atoms in total. The van der Waals surface area contributed by atoms with Crippen molar-refractivity contribution in [2.75, 3.05) is 36.4 Å². The van der Waals surface area contributed by atoms with Gasteiger partial charge >= 0.3 is 6.03 Å². The number of rotatable bonds is 2. The Labute approximate surface area is 143 Å². The van der Waals surface area contributed by atoms with Gasteiger partial charge in [0.1, 0.15) is 5.82 Å². The number of piperazine rings is 1. The van der Waals surface area contributed by atoms with Crippen molar-refractivity contribution in [1.82, 2.24) is 4.90 Å². The second-order valence-electron chi connectivity index (χ2n) is 5.72. The molecular weight excluding hydrogens is 329 g/mol. The van der Waals surface area contributed by atoms with Crippen molar-refractivity contribution in [1.29, 1.82) is 0 Å². The third kappa shape index (κ3) is 3.52. The van der Waals surface area contributed by atoms with Gasteiger partial charge in [0.25, 0.3) is 0 Å². The Bertz CT molecular complexity index is 768. The zero-order chi connectivity index (χ0) is 18.0. The van der Waals surface area contributed by atoms with Crippen molar-refractivity contribution < 1.29 is 24.5 Å². The van der Waals surface area contributed by atoms with Gasteiger partial charge in [0.2, 0.25) is 0 Å². The molecule has 1 fully saturated rings. The molecule has 8 heteroatoms. The second-order valence-corrected chi connectivity index (χ2v) is 5.72. The summed E-state index contributed by atoms with van der Waals surface area (Å²) >= 11 is 0. The van der Waals surface area contributed by atoms with Gasteiger partial charge in [-0.15, -0.1) is 0 Å². The van der Waals surface area contributed by atoms with Crippen LogP contribution in [0.5, 0.6) is 17.2 Å². The fourth-order valence-corrected chi connectivity index (χ4v) is 2.74. The Balaban J connectivity index is 1.61. The average molecular weight is 347 g/mol. The maximum absolute atomic E-state index is 13.8. The van der Waals surface area contributed by atoms with E-state index < -0.39 is 23.3 Å². The molecule has 0 radical (unpaired) electrons. The first-order valence-corrected chi connectivity index (χ1v) is 7.76. The summed E-state index contributed by atoms with van der Waals surface area (Å²) in [4.78, 5) is 15.7. The SMILES string of the molecule is O=C(Nc1cc(O)c(O)c(O)c1)N1CCN(c2ccccc2F)CC1. The van der Waals surface area contributed by atoms with Crippen molar-refractivity contribution in [3.05, 3.63) is 42.2 Å². The summed E-state index contributed by atoms with van der Waals surface area (Å²) in [6, 6.07) is 8.38. The fourth-order valence-electron chi connectivity index (χ4n) is 2.74. The highest BCUT2D eigenvalue weighted by Crippen LogP contribution is 2.37. The minimum absolute atomic E-state index is 0.161. The van der Waals surface area contributed by atoms with Gasteiger partial charge in [-0.05, 0) is 12.1 Å². The predicted octanol–water partition coefficient (Wildman–Crippen LogP) is 2.30. The maximum atomic E-state index is 13.8. The molecule has 2 aromatic carbocycles. The number of nitrogens with zero attached hydrogens (tertiary/aromatic N) is 2. The lowest BCUT2D eigenvalue weighted by molar-refractivity contribution is 0.208. The zero-order valence-corrected chi connectivity index (χ0v) is 13.3. The molecule has 1 heterocycles. The quantitative estimate of drug-likeness (QED) is 0.494. The Morgan fingerprint density at radius 3 is 2.20 bits per heavy atom. The number of carbonyl (C=O) groups is 1. The van der Waals surface area contributed by atoms with Crippen LogP contribution >= 0.6 is 0 Å². The number of aromatic hydroxyl groups is 3. The van der Waals surface area contributed by atoms with Crippen LogP contribution in [0.4, 0.5) is 20.6 Å². The molecule has 0 unspecified atom stereocenters. The van der Waals surface area contributed by atoms with Crippen molar-refractivity contribution in [2.45, 2.75) is 0 Å². The van der Waals surface area contributed by atoms with Gasteiger partial charge in [-0.25, -0.2) is 9.18 Å².